The Morgan fingerprint density at radius 3 is 2.73 bits per heavy atom. The first-order chi connectivity index (χ1) is 10.7. The van der Waals surface area contributed by atoms with Crippen molar-refractivity contribution in [1.82, 2.24) is 4.57 Å². The van der Waals surface area contributed by atoms with Crippen LogP contribution in [0, 0.1) is 0 Å². The summed E-state index contributed by atoms with van der Waals surface area (Å²) in [6.07, 6.45) is 0. The van der Waals surface area contributed by atoms with Crippen LogP contribution in [0.2, 0.25) is 0 Å². The zero-order valence-electron chi connectivity index (χ0n) is 11.7. The first-order valence-electron chi connectivity index (χ1n) is 7.01. The lowest BCUT2D eigenvalue weighted by atomic mass is 10.0. The van der Waals surface area contributed by atoms with Gasteiger partial charge in [0.15, 0.2) is 0 Å². The second-order valence-corrected chi connectivity index (χ2v) is 6.13. The fraction of sp³-hybridized carbons (Fsp3) is 0.0556. The molecule has 2 aromatic carbocycles. The molecular formula is C18H13NO2S. The van der Waals surface area contributed by atoms with Crippen molar-refractivity contribution < 1.29 is 9.90 Å². The molecule has 0 unspecified atom stereocenters. The van der Waals surface area contributed by atoms with E-state index in [9.17, 15) is 9.90 Å². The van der Waals surface area contributed by atoms with E-state index in [0.717, 1.165) is 15.8 Å². The Bertz CT molecular complexity index is 991. The van der Waals surface area contributed by atoms with Gasteiger partial charge in [-0.2, -0.15) is 0 Å². The molecule has 2 heterocycles. The van der Waals surface area contributed by atoms with Gasteiger partial charge < -0.3 is 9.67 Å². The number of aromatic carboxylic acids is 1. The molecule has 0 aliphatic carbocycles. The van der Waals surface area contributed by atoms with Crippen LogP contribution in [-0.4, -0.2) is 15.6 Å². The Hall–Kier alpha value is -2.59. The number of fused-ring (bicyclic) bond motifs is 2. The topological polar surface area (TPSA) is 42.2 Å². The van der Waals surface area contributed by atoms with Crippen LogP contribution in [0.25, 0.3) is 21.0 Å². The van der Waals surface area contributed by atoms with E-state index in [0.29, 0.717) is 12.2 Å². The number of carbonyl (C=O) groups is 1. The lowest BCUT2D eigenvalue weighted by Crippen LogP contribution is -2.09. The number of hydrogen-bond acceptors (Lipinski definition) is 2. The predicted molar refractivity (Wildman–Crippen MR) is 89.8 cm³/mol. The van der Waals surface area contributed by atoms with Gasteiger partial charge in [0.05, 0.1) is 0 Å². The summed E-state index contributed by atoms with van der Waals surface area (Å²) in [6, 6.07) is 18.1. The standard InChI is InChI=1S/C18H13NO2S/c20-18(21)16-10-13-8-9-22-17(13)19(16)11-14-6-3-5-12-4-1-2-7-15(12)14/h1-10H,11H2,(H,20,21). The van der Waals surface area contributed by atoms with Gasteiger partial charge >= 0.3 is 5.97 Å². The molecule has 4 rings (SSSR count). The van der Waals surface area contributed by atoms with E-state index in [2.05, 4.69) is 24.3 Å². The van der Waals surface area contributed by atoms with Crippen LogP contribution < -0.4 is 0 Å². The minimum atomic E-state index is -0.886. The largest absolute Gasteiger partial charge is 0.477 e. The maximum Gasteiger partial charge on any atom is 0.352 e. The van der Waals surface area contributed by atoms with E-state index in [-0.39, 0.29) is 0 Å². The average Bonchev–Trinajstić information content (AvgIpc) is 3.10. The van der Waals surface area contributed by atoms with Crippen molar-refractivity contribution in [3.8, 4) is 0 Å². The molecule has 1 N–H and O–H groups in total. The van der Waals surface area contributed by atoms with Gasteiger partial charge in [0.2, 0.25) is 0 Å². The summed E-state index contributed by atoms with van der Waals surface area (Å²) in [7, 11) is 0. The fourth-order valence-corrected chi connectivity index (χ4v) is 3.81. The second-order valence-electron chi connectivity index (χ2n) is 5.24. The van der Waals surface area contributed by atoms with E-state index in [1.165, 1.54) is 10.8 Å². The molecular weight excluding hydrogens is 294 g/mol. The number of carboxylic acid groups (broad SMARTS) is 1. The Morgan fingerprint density at radius 2 is 1.86 bits per heavy atom. The maximum atomic E-state index is 11.5. The molecule has 3 nitrogen and oxygen atoms in total. The van der Waals surface area contributed by atoms with Gasteiger partial charge in [-0.25, -0.2) is 4.79 Å². The molecule has 0 aliphatic heterocycles. The Morgan fingerprint density at radius 1 is 1.05 bits per heavy atom. The molecule has 0 radical (unpaired) electrons. The van der Waals surface area contributed by atoms with Crippen LogP contribution in [0.4, 0.5) is 0 Å². The van der Waals surface area contributed by atoms with Crippen molar-refractivity contribution in [1.29, 1.82) is 0 Å². The highest BCUT2D eigenvalue weighted by molar-refractivity contribution is 7.16. The summed E-state index contributed by atoms with van der Waals surface area (Å²) in [5.41, 5.74) is 1.47. The van der Waals surface area contributed by atoms with E-state index < -0.39 is 5.97 Å². The normalized spacial score (nSPS) is 11.3. The predicted octanol–water partition coefficient (Wildman–Crippen LogP) is 4.60. The summed E-state index contributed by atoms with van der Waals surface area (Å²) in [4.78, 5) is 12.5. The van der Waals surface area contributed by atoms with Crippen molar-refractivity contribution in [3.05, 3.63) is 71.2 Å². The molecule has 4 heteroatoms. The number of benzene rings is 2. The highest BCUT2D eigenvalue weighted by atomic mass is 32.1. The number of rotatable bonds is 3. The molecule has 0 amide bonds. The fourth-order valence-electron chi connectivity index (χ4n) is 2.91. The van der Waals surface area contributed by atoms with Gasteiger partial charge in [0, 0.05) is 11.9 Å². The van der Waals surface area contributed by atoms with E-state index in [1.54, 1.807) is 17.4 Å². The zero-order chi connectivity index (χ0) is 15.1. The van der Waals surface area contributed by atoms with Crippen molar-refractivity contribution in [2.45, 2.75) is 6.54 Å². The third kappa shape index (κ3) is 2.00. The van der Waals surface area contributed by atoms with Gasteiger partial charge in [-0.1, -0.05) is 42.5 Å². The highest BCUT2D eigenvalue weighted by Gasteiger charge is 2.16. The molecule has 4 aromatic rings. The van der Waals surface area contributed by atoms with Crippen LogP contribution in [0.15, 0.2) is 60.0 Å². The van der Waals surface area contributed by atoms with Crippen molar-refractivity contribution in [2.75, 3.05) is 0 Å². The van der Waals surface area contributed by atoms with Crippen LogP contribution in [0.1, 0.15) is 16.1 Å². The Labute approximate surface area is 131 Å². The van der Waals surface area contributed by atoms with E-state index in [1.807, 2.05) is 34.2 Å². The first-order valence-corrected chi connectivity index (χ1v) is 7.88. The lowest BCUT2D eigenvalue weighted by Gasteiger charge is -2.10. The van der Waals surface area contributed by atoms with Gasteiger partial charge in [0.25, 0.3) is 0 Å². The second kappa shape index (κ2) is 5.00. The quantitative estimate of drug-likeness (QED) is 0.601. The van der Waals surface area contributed by atoms with Gasteiger partial charge in [0.1, 0.15) is 10.5 Å². The lowest BCUT2D eigenvalue weighted by molar-refractivity contribution is 0.0686. The van der Waals surface area contributed by atoms with Gasteiger partial charge in [-0.05, 0) is 33.8 Å². The third-order valence-corrected chi connectivity index (χ3v) is 4.88. The summed E-state index contributed by atoms with van der Waals surface area (Å²) in [5, 5.41) is 14.8. The van der Waals surface area contributed by atoms with Gasteiger partial charge in [-0.15, -0.1) is 11.3 Å². The highest BCUT2D eigenvalue weighted by Crippen LogP contribution is 2.28. The molecule has 108 valence electrons. The molecule has 0 saturated heterocycles. The first kappa shape index (κ1) is 13.1. The van der Waals surface area contributed by atoms with Crippen molar-refractivity contribution in [3.63, 3.8) is 0 Å². The summed E-state index contributed by atoms with van der Waals surface area (Å²) < 4.78 is 1.89. The molecule has 0 saturated carbocycles. The number of thiophene rings is 1. The molecule has 22 heavy (non-hydrogen) atoms. The number of carboxylic acids is 1. The summed E-state index contributed by atoms with van der Waals surface area (Å²) in [5.74, 6) is -0.886. The third-order valence-electron chi connectivity index (χ3n) is 3.93. The van der Waals surface area contributed by atoms with Crippen LogP contribution in [-0.2, 0) is 6.54 Å². The molecule has 0 bridgehead atoms. The summed E-state index contributed by atoms with van der Waals surface area (Å²) >= 11 is 1.58. The zero-order valence-corrected chi connectivity index (χ0v) is 12.5. The minimum absolute atomic E-state index is 0.342. The summed E-state index contributed by atoms with van der Waals surface area (Å²) in [6.45, 7) is 0.562. The van der Waals surface area contributed by atoms with E-state index >= 15 is 0 Å². The van der Waals surface area contributed by atoms with Gasteiger partial charge in [-0.3, -0.25) is 0 Å². The molecule has 2 aromatic heterocycles. The van der Waals surface area contributed by atoms with Crippen LogP contribution in [0.5, 0.6) is 0 Å². The van der Waals surface area contributed by atoms with Crippen LogP contribution in [0.3, 0.4) is 0 Å². The number of nitrogens with zero attached hydrogens (tertiary/aromatic N) is 1. The molecule has 0 spiro atoms. The van der Waals surface area contributed by atoms with Crippen molar-refractivity contribution in [2.24, 2.45) is 0 Å². The van der Waals surface area contributed by atoms with Crippen LogP contribution >= 0.6 is 11.3 Å². The molecule has 0 aliphatic rings. The number of aromatic nitrogens is 1. The molecule has 0 fully saturated rings. The smallest absolute Gasteiger partial charge is 0.352 e. The average molecular weight is 307 g/mol. The Kier molecular flexibility index (Phi) is 2.98. The Balaban J connectivity index is 1.91. The van der Waals surface area contributed by atoms with Crippen molar-refractivity contribution >= 4 is 38.3 Å². The maximum absolute atomic E-state index is 11.5. The van der Waals surface area contributed by atoms with E-state index in [4.69, 9.17) is 0 Å². The minimum Gasteiger partial charge on any atom is -0.477 e. The number of hydrogen-bond donors (Lipinski definition) is 1. The molecule has 0 atom stereocenters. The SMILES string of the molecule is O=C(O)c1cc2ccsc2n1Cc1cccc2ccccc12. The monoisotopic (exact) mass is 307 g/mol.